The minimum atomic E-state index is -0.222. The van der Waals surface area contributed by atoms with Crippen LogP contribution in [0.2, 0.25) is 0 Å². The maximum Gasteiger partial charge on any atom is 0.246 e. The molecule has 1 aliphatic rings. The van der Waals surface area contributed by atoms with E-state index < -0.39 is 0 Å². The molecule has 1 aliphatic heterocycles. The second kappa shape index (κ2) is 8.71. The van der Waals surface area contributed by atoms with Crippen molar-refractivity contribution in [3.8, 4) is 5.75 Å². The first-order valence-electron chi connectivity index (χ1n) is 9.26. The number of nitrogens with zero attached hydrogens (tertiary/aromatic N) is 2. The van der Waals surface area contributed by atoms with Gasteiger partial charge in [-0.05, 0) is 49.8 Å². The Balaban J connectivity index is 1.57. The van der Waals surface area contributed by atoms with Crippen LogP contribution < -0.4 is 9.64 Å². The van der Waals surface area contributed by atoms with Crippen LogP contribution in [-0.2, 0) is 4.79 Å². The van der Waals surface area contributed by atoms with Gasteiger partial charge in [-0.15, -0.1) is 0 Å². The third kappa shape index (κ3) is 5.09. The predicted octanol–water partition coefficient (Wildman–Crippen LogP) is 3.97. The van der Waals surface area contributed by atoms with Crippen molar-refractivity contribution in [3.05, 3.63) is 66.0 Å². The summed E-state index contributed by atoms with van der Waals surface area (Å²) in [6.07, 6.45) is 3.50. The number of carbonyl (C=O) groups excluding carboxylic acids is 1. The molecule has 0 N–H and O–H groups in total. The van der Waals surface area contributed by atoms with Gasteiger partial charge in [0.2, 0.25) is 5.91 Å². The van der Waals surface area contributed by atoms with Crippen LogP contribution in [0.25, 0.3) is 6.08 Å². The van der Waals surface area contributed by atoms with Crippen molar-refractivity contribution >= 4 is 17.7 Å². The maximum absolute atomic E-state index is 13.9. The first kappa shape index (κ1) is 19.0. The highest BCUT2D eigenvalue weighted by Gasteiger charge is 2.21. The molecule has 0 aromatic heterocycles. The molecule has 1 fully saturated rings. The number of anilines is 1. The minimum Gasteiger partial charge on any atom is -0.491 e. The Morgan fingerprint density at radius 2 is 1.81 bits per heavy atom. The van der Waals surface area contributed by atoms with Gasteiger partial charge in [0.05, 0.1) is 11.8 Å². The lowest BCUT2D eigenvalue weighted by Gasteiger charge is -2.35. The quantitative estimate of drug-likeness (QED) is 0.749. The van der Waals surface area contributed by atoms with E-state index in [-0.39, 0.29) is 17.8 Å². The number of carbonyl (C=O) groups is 1. The van der Waals surface area contributed by atoms with Gasteiger partial charge in [0.15, 0.2) is 0 Å². The number of amides is 1. The molecule has 0 atom stereocenters. The number of para-hydroxylation sites is 1. The fourth-order valence-corrected chi connectivity index (χ4v) is 3.11. The summed E-state index contributed by atoms with van der Waals surface area (Å²) < 4.78 is 19.6. The highest BCUT2D eigenvalue weighted by Crippen LogP contribution is 2.20. The first-order chi connectivity index (χ1) is 13.0. The Bertz CT molecular complexity index is 811. The maximum atomic E-state index is 13.9. The summed E-state index contributed by atoms with van der Waals surface area (Å²) in [4.78, 5) is 16.2. The Labute approximate surface area is 159 Å². The number of halogens is 1. The Kier molecular flexibility index (Phi) is 6.12. The van der Waals surface area contributed by atoms with Crippen LogP contribution in [-0.4, -0.2) is 43.1 Å². The van der Waals surface area contributed by atoms with E-state index in [0.29, 0.717) is 31.9 Å². The Morgan fingerprint density at radius 1 is 1.07 bits per heavy atom. The molecule has 1 saturated heterocycles. The molecule has 1 amide bonds. The smallest absolute Gasteiger partial charge is 0.246 e. The normalized spacial score (nSPS) is 14.8. The van der Waals surface area contributed by atoms with Gasteiger partial charge < -0.3 is 14.5 Å². The first-order valence-corrected chi connectivity index (χ1v) is 9.26. The van der Waals surface area contributed by atoms with E-state index in [2.05, 4.69) is 0 Å². The summed E-state index contributed by atoms with van der Waals surface area (Å²) in [5, 5.41) is 0. The molecule has 142 valence electrons. The summed E-state index contributed by atoms with van der Waals surface area (Å²) in [6.45, 7) is 6.36. The second-order valence-electron chi connectivity index (χ2n) is 6.84. The number of hydrogen-bond donors (Lipinski definition) is 0. The van der Waals surface area contributed by atoms with E-state index in [1.165, 1.54) is 6.07 Å². The topological polar surface area (TPSA) is 32.8 Å². The molecule has 0 aliphatic carbocycles. The van der Waals surface area contributed by atoms with Crippen LogP contribution in [0.3, 0.4) is 0 Å². The van der Waals surface area contributed by atoms with Gasteiger partial charge in [-0.2, -0.15) is 0 Å². The summed E-state index contributed by atoms with van der Waals surface area (Å²) in [6, 6.07) is 14.4. The zero-order valence-electron chi connectivity index (χ0n) is 15.8. The molecule has 2 aromatic rings. The fraction of sp³-hybridized carbons (Fsp3) is 0.318. The monoisotopic (exact) mass is 368 g/mol. The third-order valence-electron chi connectivity index (χ3n) is 4.43. The third-order valence-corrected chi connectivity index (χ3v) is 4.43. The van der Waals surface area contributed by atoms with Gasteiger partial charge in [-0.25, -0.2) is 4.39 Å². The summed E-state index contributed by atoms with van der Waals surface area (Å²) in [7, 11) is 0. The average Bonchev–Trinajstić information content (AvgIpc) is 2.66. The summed E-state index contributed by atoms with van der Waals surface area (Å²) >= 11 is 0. The molecule has 5 heteroatoms. The van der Waals surface area contributed by atoms with Gasteiger partial charge in [0.25, 0.3) is 0 Å². The lowest BCUT2D eigenvalue weighted by molar-refractivity contribution is -0.126. The lowest BCUT2D eigenvalue weighted by atomic mass is 10.2. The number of rotatable bonds is 5. The van der Waals surface area contributed by atoms with Crippen molar-refractivity contribution < 1.29 is 13.9 Å². The van der Waals surface area contributed by atoms with Gasteiger partial charge in [0.1, 0.15) is 11.6 Å². The number of ether oxygens (including phenoxy) is 1. The zero-order chi connectivity index (χ0) is 19.2. The molecule has 1 heterocycles. The van der Waals surface area contributed by atoms with Crippen LogP contribution in [0, 0.1) is 5.82 Å². The number of benzene rings is 2. The van der Waals surface area contributed by atoms with Crippen molar-refractivity contribution in [2.24, 2.45) is 0 Å². The van der Waals surface area contributed by atoms with E-state index in [4.69, 9.17) is 4.74 Å². The SMILES string of the molecule is CC(C)Oc1cccc(/C=C/C(=O)N2CCN(c3ccccc3F)CC2)c1. The van der Waals surface area contributed by atoms with Crippen molar-refractivity contribution in [3.63, 3.8) is 0 Å². The fourth-order valence-electron chi connectivity index (χ4n) is 3.11. The molecule has 3 rings (SSSR count). The predicted molar refractivity (Wildman–Crippen MR) is 106 cm³/mol. The molecular formula is C22H25FN2O2. The molecule has 0 spiro atoms. The van der Waals surface area contributed by atoms with E-state index in [0.717, 1.165) is 11.3 Å². The zero-order valence-corrected chi connectivity index (χ0v) is 15.8. The summed E-state index contributed by atoms with van der Waals surface area (Å²) in [5.41, 5.74) is 1.52. The largest absolute Gasteiger partial charge is 0.491 e. The average molecular weight is 368 g/mol. The molecular weight excluding hydrogens is 343 g/mol. The summed E-state index contributed by atoms with van der Waals surface area (Å²) in [5.74, 6) is 0.539. The molecule has 0 radical (unpaired) electrons. The second-order valence-corrected chi connectivity index (χ2v) is 6.84. The molecule has 0 saturated carbocycles. The standard InChI is InChI=1S/C22H25FN2O2/c1-17(2)27-19-7-5-6-18(16-19)10-11-22(26)25-14-12-24(13-15-25)21-9-4-3-8-20(21)23/h3-11,16-17H,12-15H2,1-2H3/b11-10+. The van der Waals surface area contributed by atoms with Gasteiger partial charge in [-0.1, -0.05) is 24.3 Å². The molecule has 0 bridgehead atoms. The highest BCUT2D eigenvalue weighted by atomic mass is 19.1. The molecule has 2 aromatic carbocycles. The van der Waals surface area contributed by atoms with E-state index in [1.807, 2.05) is 49.1 Å². The number of hydrogen-bond acceptors (Lipinski definition) is 3. The van der Waals surface area contributed by atoms with E-state index in [1.54, 1.807) is 29.2 Å². The van der Waals surface area contributed by atoms with Gasteiger partial charge >= 0.3 is 0 Å². The van der Waals surface area contributed by atoms with Crippen LogP contribution in [0.5, 0.6) is 5.75 Å². The van der Waals surface area contributed by atoms with Crippen LogP contribution in [0.1, 0.15) is 19.4 Å². The van der Waals surface area contributed by atoms with Gasteiger partial charge in [0, 0.05) is 32.3 Å². The van der Waals surface area contributed by atoms with Crippen molar-refractivity contribution in [2.45, 2.75) is 20.0 Å². The van der Waals surface area contributed by atoms with E-state index >= 15 is 0 Å². The van der Waals surface area contributed by atoms with Crippen LogP contribution in [0.4, 0.5) is 10.1 Å². The lowest BCUT2D eigenvalue weighted by Crippen LogP contribution is -2.48. The molecule has 4 nitrogen and oxygen atoms in total. The van der Waals surface area contributed by atoms with E-state index in [9.17, 15) is 9.18 Å². The van der Waals surface area contributed by atoms with Crippen molar-refractivity contribution in [1.82, 2.24) is 4.90 Å². The Hall–Kier alpha value is -2.82. The van der Waals surface area contributed by atoms with Gasteiger partial charge in [-0.3, -0.25) is 4.79 Å². The van der Waals surface area contributed by atoms with Crippen LogP contribution >= 0.6 is 0 Å². The van der Waals surface area contributed by atoms with Crippen molar-refractivity contribution in [1.29, 1.82) is 0 Å². The highest BCUT2D eigenvalue weighted by molar-refractivity contribution is 5.92. The van der Waals surface area contributed by atoms with Crippen molar-refractivity contribution in [2.75, 3.05) is 31.1 Å². The molecule has 27 heavy (non-hydrogen) atoms. The minimum absolute atomic E-state index is 0.0293. The Morgan fingerprint density at radius 3 is 2.52 bits per heavy atom. The van der Waals surface area contributed by atoms with Crippen LogP contribution in [0.15, 0.2) is 54.6 Å². The molecule has 0 unspecified atom stereocenters. The number of piperazine rings is 1.